The topological polar surface area (TPSA) is 108 Å². The van der Waals surface area contributed by atoms with E-state index < -0.39 is 5.97 Å². The van der Waals surface area contributed by atoms with Gasteiger partial charge in [0.15, 0.2) is 0 Å². The summed E-state index contributed by atoms with van der Waals surface area (Å²) in [5.41, 5.74) is 0.467. The number of piperidine rings is 1. The quantitative estimate of drug-likeness (QED) is 0.837. The maximum atomic E-state index is 12.5. The fraction of sp³-hybridized carbons (Fsp3) is 0.625. The van der Waals surface area contributed by atoms with Gasteiger partial charge in [0.05, 0.1) is 17.8 Å². The number of carboxylic acids is 1. The summed E-state index contributed by atoms with van der Waals surface area (Å²) in [6.07, 6.45) is 6.54. The van der Waals surface area contributed by atoms with Crippen LogP contribution < -0.4 is 5.32 Å². The number of carbonyl (C=O) groups is 3. The summed E-state index contributed by atoms with van der Waals surface area (Å²) in [6.45, 7) is 2.46. The number of carbonyl (C=O) groups excluding carboxylic acids is 2. The van der Waals surface area contributed by atoms with Crippen LogP contribution in [0.3, 0.4) is 0 Å². The third-order valence-corrected chi connectivity index (χ3v) is 4.64. The number of amides is 3. The van der Waals surface area contributed by atoms with Gasteiger partial charge in [0, 0.05) is 32.4 Å². The van der Waals surface area contributed by atoms with Crippen molar-refractivity contribution >= 4 is 23.6 Å². The van der Waals surface area contributed by atoms with Crippen LogP contribution in [0.4, 0.5) is 10.5 Å². The van der Waals surface area contributed by atoms with Crippen LogP contribution in [-0.2, 0) is 16.1 Å². The van der Waals surface area contributed by atoms with Gasteiger partial charge in [-0.25, -0.2) is 4.79 Å². The molecule has 0 aliphatic carbocycles. The first kappa shape index (κ1) is 17.2. The zero-order valence-corrected chi connectivity index (χ0v) is 14.1. The van der Waals surface area contributed by atoms with E-state index in [-0.39, 0.29) is 24.4 Å². The highest BCUT2D eigenvalue weighted by Gasteiger charge is 2.31. The number of nitrogens with zero attached hydrogens (tertiary/aromatic N) is 4. The predicted molar refractivity (Wildman–Crippen MR) is 89.0 cm³/mol. The van der Waals surface area contributed by atoms with Gasteiger partial charge in [0.1, 0.15) is 6.54 Å². The lowest BCUT2D eigenvalue weighted by molar-refractivity contribution is -0.137. The van der Waals surface area contributed by atoms with Gasteiger partial charge in [0.25, 0.3) is 0 Å². The molecular weight excluding hydrogens is 326 g/mol. The molecule has 2 N–H and O–H groups in total. The van der Waals surface area contributed by atoms with Crippen molar-refractivity contribution in [3.05, 3.63) is 12.4 Å². The largest absolute Gasteiger partial charge is 0.480 e. The smallest absolute Gasteiger partial charge is 0.325 e. The summed E-state index contributed by atoms with van der Waals surface area (Å²) < 4.78 is 1.25. The van der Waals surface area contributed by atoms with Gasteiger partial charge in [-0.2, -0.15) is 5.10 Å². The molecule has 3 amide bonds. The molecule has 0 aromatic carbocycles. The van der Waals surface area contributed by atoms with Gasteiger partial charge in [-0.15, -0.1) is 0 Å². The highest BCUT2D eigenvalue weighted by molar-refractivity contribution is 5.93. The second kappa shape index (κ2) is 7.54. The van der Waals surface area contributed by atoms with Gasteiger partial charge in [-0.1, -0.05) is 0 Å². The molecule has 25 heavy (non-hydrogen) atoms. The van der Waals surface area contributed by atoms with Crippen LogP contribution in [0.1, 0.15) is 25.7 Å². The number of hydrogen-bond acceptors (Lipinski definition) is 4. The molecule has 2 aliphatic heterocycles. The van der Waals surface area contributed by atoms with E-state index >= 15 is 0 Å². The van der Waals surface area contributed by atoms with Crippen LogP contribution in [0.25, 0.3) is 0 Å². The van der Waals surface area contributed by atoms with Gasteiger partial charge >= 0.3 is 12.0 Å². The minimum atomic E-state index is -0.996. The average molecular weight is 349 g/mol. The van der Waals surface area contributed by atoms with E-state index in [1.807, 2.05) is 4.90 Å². The van der Waals surface area contributed by atoms with Gasteiger partial charge < -0.3 is 20.2 Å². The van der Waals surface area contributed by atoms with Crippen molar-refractivity contribution in [1.82, 2.24) is 19.6 Å². The Kier molecular flexibility index (Phi) is 5.20. The van der Waals surface area contributed by atoms with Crippen LogP contribution in [-0.4, -0.2) is 68.8 Å². The molecule has 0 radical (unpaired) electrons. The van der Waals surface area contributed by atoms with Crippen LogP contribution in [0.5, 0.6) is 0 Å². The van der Waals surface area contributed by atoms with E-state index in [0.717, 1.165) is 38.8 Å². The molecule has 3 heterocycles. The first-order valence-electron chi connectivity index (χ1n) is 8.62. The number of urea groups is 1. The van der Waals surface area contributed by atoms with E-state index in [0.29, 0.717) is 18.8 Å². The maximum Gasteiger partial charge on any atom is 0.325 e. The number of rotatable bonds is 4. The van der Waals surface area contributed by atoms with E-state index in [4.69, 9.17) is 5.11 Å². The summed E-state index contributed by atoms with van der Waals surface area (Å²) in [5, 5.41) is 15.4. The molecular formula is C16H23N5O4. The molecule has 136 valence electrons. The van der Waals surface area contributed by atoms with Crippen LogP contribution >= 0.6 is 0 Å². The lowest BCUT2D eigenvalue weighted by atomic mass is 9.97. The van der Waals surface area contributed by atoms with Gasteiger partial charge in [0.2, 0.25) is 5.91 Å². The standard InChI is InChI=1S/C16H23N5O4/c22-14(23)11-21-10-13(8-17-21)18-15(24)12-4-3-7-20(9-12)16(25)19-5-1-2-6-19/h8,10,12H,1-7,9,11H2,(H,18,24)(H,22,23). The molecule has 9 nitrogen and oxygen atoms in total. The van der Waals surface area contributed by atoms with E-state index in [9.17, 15) is 14.4 Å². The van der Waals surface area contributed by atoms with Gasteiger partial charge in [-0.3, -0.25) is 14.3 Å². The summed E-state index contributed by atoms with van der Waals surface area (Å²) in [4.78, 5) is 39.3. The molecule has 9 heteroatoms. The van der Waals surface area contributed by atoms with Crippen molar-refractivity contribution in [2.45, 2.75) is 32.2 Å². The molecule has 0 bridgehead atoms. The molecule has 3 rings (SSSR count). The van der Waals surface area contributed by atoms with Gasteiger partial charge in [-0.05, 0) is 25.7 Å². The summed E-state index contributed by atoms with van der Waals surface area (Å²) >= 11 is 0. The van der Waals surface area contributed by atoms with Crippen molar-refractivity contribution in [2.75, 3.05) is 31.5 Å². The summed E-state index contributed by atoms with van der Waals surface area (Å²) in [7, 11) is 0. The Morgan fingerprint density at radius 3 is 2.60 bits per heavy atom. The molecule has 1 atom stereocenters. The third-order valence-electron chi connectivity index (χ3n) is 4.64. The SMILES string of the molecule is O=C(O)Cn1cc(NC(=O)C2CCCN(C(=O)N3CCCC3)C2)cn1. The molecule has 1 aromatic rings. The molecule has 2 fully saturated rings. The molecule has 1 aromatic heterocycles. The van der Waals surface area contributed by atoms with Crippen molar-refractivity contribution in [2.24, 2.45) is 5.92 Å². The average Bonchev–Trinajstić information content (AvgIpc) is 3.26. The third kappa shape index (κ3) is 4.28. The van der Waals surface area contributed by atoms with Crippen molar-refractivity contribution in [3.63, 3.8) is 0 Å². The Morgan fingerprint density at radius 1 is 1.16 bits per heavy atom. The second-order valence-electron chi connectivity index (χ2n) is 6.57. The Balaban J connectivity index is 1.55. The Bertz CT molecular complexity index is 653. The molecule has 2 saturated heterocycles. The molecule has 0 spiro atoms. The highest BCUT2D eigenvalue weighted by atomic mass is 16.4. The Labute approximate surface area is 145 Å². The van der Waals surface area contributed by atoms with E-state index in [1.165, 1.54) is 17.1 Å². The van der Waals surface area contributed by atoms with Crippen LogP contribution in [0.15, 0.2) is 12.4 Å². The predicted octanol–water partition coefficient (Wildman–Crippen LogP) is 0.834. The van der Waals surface area contributed by atoms with Crippen molar-refractivity contribution < 1.29 is 19.5 Å². The zero-order chi connectivity index (χ0) is 17.8. The van der Waals surface area contributed by atoms with Crippen molar-refractivity contribution in [3.8, 4) is 0 Å². The molecule has 2 aliphatic rings. The fourth-order valence-electron chi connectivity index (χ4n) is 3.37. The minimum Gasteiger partial charge on any atom is -0.480 e. The normalized spacial score (nSPS) is 20.6. The zero-order valence-electron chi connectivity index (χ0n) is 14.1. The number of aromatic nitrogens is 2. The summed E-state index contributed by atoms with van der Waals surface area (Å²) in [6, 6.07) is 0.0317. The highest BCUT2D eigenvalue weighted by Crippen LogP contribution is 2.21. The lowest BCUT2D eigenvalue weighted by Crippen LogP contribution is -2.48. The number of nitrogens with one attached hydrogen (secondary N) is 1. The van der Waals surface area contributed by atoms with Crippen LogP contribution in [0.2, 0.25) is 0 Å². The lowest BCUT2D eigenvalue weighted by Gasteiger charge is -2.34. The minimum absolute atomic E-state index is 0.0317. The Morgan fingerprint density at radius 2 is 1.88 bits per heavy atom. The molecule has 0 saturated carbocycles. The van der Waals surface area contributed by atoms with Crippen molar-refractivity contribution in [1.29, 1.82) is 0 Å². The monoisotopic (exact) mass is 349 g/mol. The molecule has 1 unspecified atom stereocenters. The number of hydrogen-bond donors (Lipinski definition) is 2. The van der Waals surface area contributed by atoms with E-state index in [2.05, 4.69) is 10.4 Å². The fourth-order valence-corrected chi connectivity index (χ4v) is 3.37. The summed E-state index contributed by atoms with van der Waals surface area (Å²) in [5.74, 6) is -1.42. The second-order valence-corrected chi connectivity index (χ2v) is 6.57. The number of likely N-dealkylation sites (tertiary alicyclic amines) is 2. The van der Waals surface area contributed by atoms with E-state index in [1.54, 1.807) is 4.90 Å². The number of aliphatic carboxylic acids is 1. The number of anilines is 1. The Hall–Kier alpha value is -2.58. The first-order chi connectivity index (χ1) is 12.0. The number of carboxylic acid groups (broad SMARTS) is 1. The van der Waals surface area contributed by atoms with Crippen LogP contribution in [0, 0.1) is 5.92 Å². The maximum absolute atomic E-state index is 12.5. The first-order valence-corrected chi connectivity index (χ1v) is 8.62.